The lowest BCUT2D eigenvalue weighted by molar-refractivity contribution is -0.131. The van der Waals surface area contributed by atoms with Crippen LogP contribution in [0.3, 0.4) is 0 Å². The molecule has 1 aromatic carbocycles. The van der Waals surface area contributed by atoms with Gasteiger partial charge >= 0.3 is 5.97 Å². The Labute approximate surface area is 100.0 Å². The van der Waals surface area contributed by atoms with Crippen LogP contribution >= 0.6 is 0 Å². The molecule has 4 nitrogen and oxygen atoms in total. The average molecular weight is 233 g/mol. The minimum absolute atomic E-state index is 0.286. The van der Waals surface area contributed by atoms with E-state index in [0.29, 0.717) is 17.7 Å². The van der Waals surface area contributed by atoms with Gasteiger partial charge in [-0.05, 0) is 18.6 Å². The molecule has 0 spiro atoms. The first kappa shape index (κ1) is 13.0. The van der Waals surface area contributed by atoms with Crippen LogP contribution in [-0.2, 0) is 4.79 Å². The maximum absolute atomic E-state index is 11.8. The number of allylic oxidation sites excluding steroid dienone is 1. The molecule has 1 amide bonds. The van der Waals surface area contributed by atoms with Crippen LogP contribution in [0, 0.1) is 0 Å². The van der Waals surface area contributed by atoms with Crippen molar-refractivity contribution in [3.05, 3.63) is 47.7 Å². The quantitative estimate of drug-likeness (QED) is 0.766. The van der Waals surface area contributed by atoms with Gasteiger partial charge in [0.05, 0.1) is 0 Å². The highest BCUT2D eigenvalue weighted by molar-refractivity contribution is 5.95. The molecule has 4 heteroatoms. The molecule has 0 saturated heterocycles. The van der Waals surface area contributed by atoms with Gasteiger partial charge in [-0.3, -0.25) is 4.79 Å². The van der Waals surface area contributed by atoms with Crippen molar-refractivity contribution in [3.63, 3.8) is 0 Å². The molecule has 0 aliphatic heterocycles. The fraction of sp³-hybridized carbons (Fsp3) is 0.231. The lowest BCUT2D eigenvalue weighted by atomic mass is 10.2. The third-order valence-electron chi connectivity index (χ3n) is 2.13. The van der Waals surface area contributed by atoms with Crippen LogP contribution < -0.4 is 5.32 Å². The van der Waals surface area contributed by atoms with Crippen LogP contribution in [0.5, 0.6) is 0 Å². The molecule has 0 aliphatic carbocycles. The van der Waals surface area contributed by atoms with E-state index in [9.17, 15) is 9.59 Å². The van der Waals surface area contributed by atoms with Crippen molar-refractivity contribution in [3.8, 4) is 0 Å². The Morgan fingerprint density at radius 1 is 1.29 bits per heavy atom. The van der Waals surface area contributed by atoms with Gasteiger partial charge in [0.1, 0.15) is 0 Å². The zero-order valence-corrected chi connectivity index (χ0v) is 9.64. The number of carbonyl (C=O) groups is 2. The van der Waals surface area contributed by atoms with Crippen LogP contribution in [0.2, 0.25) is 0 Å². The van der Waals surface area contributed by atoms with Crippen LogP contribution in [0.25, 0.3) is 0 Å². The molecule has 0 atom stereocenters. The highest BCUT2D eigenvalue weighted by Gasteiger charge is 2.07. The molecular weight excluding hydrogens is 218 g/mol. The molecule has 0 radical (unpaired) electrons. The summed E-state index contributed by atoms with van der Waals surface area (Å²) in [6, 6.07) is 8.70. The van der Waals surface area contributed by atoms with E-state index in [0.717, 1.165) is 12.5 Å². The van der Waals surface area contributed by atoms with Gasteiger partial charge in [0, 0.05) is 17.3 Å². The van der Waals surface area contributed by atoms with Gasteiger partial charge in [-0.1, -0.05) is 31.5 Å². The van der Waals surface area contributed by atoms with Crippen molar-refractivity contribution in [2.24, 2.45) is 0 Å². The van der Waals surface area contributed by atoms with Gasteiger partial charge in [-0.15, -0.1) is 0 Å². The zero-order valence-electron chi connectivity index (χ0n) is 9.64. The molecule has 0 bridgehead atoms. The second-order valence-electron chi connectivity index (χ2n) is 3.58. The summed E-state index contributed by atoms with van der Waals surface area (Å²) >= 11 is 0. The van der Waals surface area contributed by atoms with E-state index >= 15 is 0 Å². The number of amides is 1. The second-order valence-corrected chi connectivity index (χ2v) is 3.58. The zero-order chi connectivity index (χ0) is 12.7. The SMILES string of the molecule is CCC/C(=C/C(=O)O)NC(=O)c1ccccc1. The minimum Gasteiger partial charge on any atom is -0.478 e. The van der Waals surface area contributed by atoms with Gasteiger partial charge < -0.3 is 10.4 Å². The number of carbonyl (C=O) groups excluding carboxylic acids is 1. The average Bonchev–Trinajstić information content (AvgIpc) is 2.29. The topological polar surface area (TPSA) is 66.4 Å². The van der Waals surface area contributed by atoms with Crippen molar-refractivity contribution in [2.45, 2.75) is 19.8 Å². The van der Waals surface area contributed by atoms with Crippen LogP contribution in [0.15, 0.2) is 42.1 Å². The normalized spacial score (nSPS) is 11.0. The number of carboxylic acids is 1. The fourth-order valence-corrected chi connectivity index (χ4v) is 1.40. The smallest absolute Gasteiger partial charge is 0.330 e. The molecular formula is C13H15NO3. The van der Waals surface area contributed by atoms with Crippen LogP contribution in [0.4, 0.5) is 0 Å². The minimum atomic E-state index is -1.05. The van der Waals surface area contributed by atoms with Gasteiger partial charge in [0.2, 0.25) is 0 Å². The van der Waals surface area contributed by atoms with Crippen molar-refractivity contribution in [1.82, 2.24) is 5.32 Å². The molecule has 17 heavy (non-hydrogen) atoms. The number of nitrogens with one attached hydrogen (secondary N) is 1. The summed E-state index contributed by atoms with van der Waals surface area (Å²) < 4.78 is 0. The Hall–Kier alpha value is -2.10. The fourth-order valence-electron chi connectivity index (χ4n) is 1.40. The maximum atomic E-state index is 11.8. The predicted octanol–water partition coefficient (Wildman–Crippen LogP) is 2.18. The van der Waals surface area contributed by atoms with E-state index in [-0.39, 0.29) is 5.91 Å². The third kappa shape index (κ3) is 4.51. The molecule has 0 aromatic heterocycles. The second kappa shape index (κ2) is 6.48. The molecule has 0 saturated carbocycles. The lowest BCUT2D eigenvalue weighted by Gasteiger charge is -2.08. The van der Waals surface area contributed by atoms with E-state index in [1.54, 1.807) is 24.3 Å². The number of hydrogen-bond donors (Lipinski definition) is 2. The Balaban J connectivity index is 2.75. The summed E-state index contributed by atoms with van der Waals surface area (Å²) in [6.45, 7) is 1.92. The Morgan fingerprint density at radius 2 is 1.94 bits per heavy atom. The van der Waals surface area contributed by atoms with Gasteiger partial charge in [-0.2, -0.15) is 0 Å². The summed E-state index contributed by atoms with van der Waals surface area (Å²) in [5.41, 5.74) is 0.939. The molecule has 0 unspecified atom stereocenters. The van der Waals surface area contributed by atoms with Crippen molar-refractivity contribution in [1.29, 1.82) is 0 Å². The van der Waals surface area contributed by atoms with E-state index < -0.39 is 5.97 Å². The number of hydrogen-bond acceptors (Lipinski definition) is 2. The van der Waals surface area contributed by atoms with E-state index in [1.807, 2.05) is 13.0 Å². The van der Waals surface area contributed by atoms with Crippen LogP contribution in [-0.4, -0.2) is 17.0 Å². The monoisotopic (exact) mass is 233 g/mol. The summed E-state index contributed by atoms with van der Waals surface area (Å²) in [6.07, 6.45) is 2.34. The summed E-state index contributed by atoms with van der Waals surface area (Å²) in [5, 5.41) is 11.3. The Kier molecular flexibility index (Phi) is 4.94. The molecule has 1 aromatic rings. The van der Waals surface area contributed by atoms with E-state index in [1.165, 1.54) is 0 Å². The summed E-state index contributed by atoms with van der Waals surface area (Å²) in [7, 11) is 0. The van der Waals surface area contributed by atoms with Gasteiger partial charge in [0.15, 0.2) is 0 Å². The van der Waals surface area contributed by atoms with Crippen LogP contribution in [0.1, 0.15) is 30.1 Å². The van der Waals surface area contributed by atoms with Gasteiger partial charge in [-0.25, -0.2) is 4.79 Å². The number of aliphatic carboxylic acids is 1. The number of rotatable bonds is 5. The number of carboxylic acid groups (broad SMARTS) is 1. The maximum Gasteiger partial charge on any atom is 0.330 e. The molecule has 0 heterocycles. The van der Waals surface area contributed by atoms with E-state index in [4.69, 9.17) is 5.11 Å². The standard InChI is InChI=1S/C13H15NO3/c1-2-6-11(9-12(15)16)14-13(17)10-7-4-3-5-8-10/h3-5,7-9H,2,6H2,1H3,(H,14,17)(H,15,16)/b11-9-. The first-order valence-corrected chi connectivity index (χ1v) is 5.43. The molecule has 2 N–H and O–H groups in total. The van der Waals surface area contributed by atoms with Crippen molar-refractivity contribution < 1.29 is 14.7 Å². The highest BCUT2D eigenvalue weighted by Crippen LogP contribution is 2.04. The number of benzene rings is 1. The van der Waals surface area contributed by atoms with E-state index in [2.05, 4.69) is 5.32 Å². The largest absolute Gasteiger partial charge is 0.478 e. The third-order valence-corrected chi connectivity index (χ3v) is 2.13. The lowest BCUT2D eigenvalue weighted by Crippen LogP contribution is -2.23. The molecule has 0 fully saturated rings. The Morgan fingerprint density at radius 3 is 2.47 bits per heavy atom. The molecule has 90 valence electrons. The molecule has 0 aliphatic rings. The van der Waals surface area contributed by atoms with Crippen molar-refractivity contribution >= 4 is 11.9 Å². The predicted molar refractivity (Wildman–Crippen MR) is 64.5 cm³/mol. The van der Waals surface area contributed by atoms with Crippen molar-refractivity contribution in [2.75, 3.05) is 0 Å². The Bertz CT molecular complexity index is 424. The summed E-state index contributed by atoms with van der Waals surface area (Å²) in [5.74, 6) is -1.34. The van der Waals surface area contributed by atoms with Gasteiger partial charge in [0.25, 0.3) is 5.91 Å². The summed E-state index contributed by atoms with van der Waals surface area (Å²) in [4.78, 5) is 22.3. The first-order valence-electron chi connectivity index (χ1n) is 5.43. The molecule has 1 rings (SSSR count). The first-order chi connectivity index (χ1) is 8.13. The highest BCUT2D eigenvalue weighted by atomic mass is 16.4.